The van der Waals surface area contributed by atoms with Crippen molar-refractivity contribution >= 4 is 28.6 Å². The minimum Gasteiger partial charge on any atom is -0.475 e. The van der Waals surface area contributed by atoms with Crippen molar-refractivity contribution in [2.24, 2.45) is 5.92 Å². The number of benzene rings is 1. The number of hydrogen-bond donors (Lipinski definition) is 2. The number of nitrogens with zero attached hydrogens (tertiary/aromatic N) is 5. The highest BCUT2D eigenvalue weighted by Gasteiger charge is 2.38. The van der Waals surface area contributed by atoms with E-state index in [2.05, 4.69) is 25.4 Å². The fourth-order valence-corrected chi connectivity index (χ4v) is 3.94. The maximum atomic E-state index is 15.0. The summed E-state index contributed by atoms with van der Waals surface area (Å²) in [6, 6.07) is 3.44. The molecule has 37 heavy (non-hydrogen) atoms. The molecule has 1 aliphatic heterocycles. The van der Waals surface area contributed by atoms with E-state index in [0.29, 0.717) is 48.8 Å². The number of alkyl halides is 4. The van der Waals surface area contributed by atoms with Gasteiger partial charge in [0.15, 0.2) is 11.6 Å². The third-order valence-electron chi connectivity index (χ3n) is 6.03. The zero-order chi connectivity index (χ0) is 26.7. The highest BCUT2D eigenvalue weighted by molar-refractivity contribution is 5.79. The lowest BCUT2D eigenvalue weighted by molar-refractivity contribution is -0.192. The first-order valence-corrected chi connectivity index (χ1v) is 11.4. The van der Waals surface area contributed by atoms with Crippen LogP contribution in [0.5, 0.6) is 0 Å². The Hall–Kier alpha value is -3.71. The van der Waals surface area contributed by atoms with Crippen molar-refractivity contribution in [1.29, 1.82) is 0 Å². The molecule has 0 bridgehead atoms. The molecule has 3 heterocycles. The van der Waals surface area contributed by atoms with Crippen LogP contribution in [0.15, 0.2) is 30.6 Å². The van der Waals surface area contributed by atoms with Gasteiger partial charge in [-0.1, -0.05) is 6.07 Å². The third kappa shape index (κ3) is 6.54. The average molecular weight is 528 g/mol. The molecule has 2 aromatic heterocycles. The van der Waals surface area contributed by atoms with E-state index in [-0.39, 0.29) is 11.5 Å². The molecule has 2 N–H and O–H groups in total. The molecule has 5 rings (SSSR count). The van der Waals surface area contributed by atoms with Crippen LogP contribution in [0.25, 0.3) is 11.0 Å². The standard InChI is InChI=1S/C21H21F3N6.C2HF3O2/c22-13-1-4-15(16(23)9-13)19(24)12-5-7-30(8-6-12)21-20(27-14-2-3-14)28-17-10-25-26-11-18(17)29-21;3-2(4,5)1(6)7/h1,4,9-12,14,19H,2-3,5-8H2,(H,27,28);(H,6,7)/t19-;/m0./s1. The van der Waals surface area contributed by atoms with Crippen molar-refractivity contribution in [1.82, 2.24) is 20.2 Å². The zero-order valence-corrected chi connectivity index (χ0v) is 19.2. The minimum atomic E-state index is -5.08. The summed E-state index contributed by atoms with van der Waals surface area (Å²) in [5.74, 6) is -3.19. The maximum absolute atomic E-state index is 15.0. The molecule has 0 spiro atoms. The Morgan fingerprint density at radius 2 is 1.62 bits per heavy atom. The van der Waals surface area contributed by atoms with E-state index in [9.17, 15) is 26.3 Å². The minimum absolute atomic E-state index is 0.0741. The van der Waals surface area contributed by atoms with Crippen molar-refractivity contribution in [3.8, 4) is 0 Å². The van der Waals surface area contributed by atoms with Crippen LogP contribution in [0.3, 0.4) is 0 Å². The lowest BCUT2D eigenvalue weighted by atomic mass is 9.88. The van der Waals surface area contributed by atoms with Crippen molar-refractivity contribution in [3.63, 3.8) is 0 Å². The van der Waals surface area contributed by atoms with Crippen molar-refractivity contribution < 1.29 is 36.2 Å². The van der Waals surface area contributed by atoms with Gasteiger partial charge in [-0.15, -0.1) is 0 Å². The number of halogens is 6. The van der Waals surface area contributed by atoms with E-state index in [1.54, 1.807) is 12.4 Å². The van der Waals surface area contributed by atoms with Crippen molar-refractivity contribution in [3.05, 3.63) is 47.8 Å². The van der Waals surface area contributed by atoms with Crippen LogP contribution < -0.4 is 10.2 Å². The molecule has 1 atom stereocenters. The summed E-state index contributed by atoms with van der Waals surface area (Å²) in [6.45, 7) is 1.15. The van der Waals surface area contributed by atoms with Gasteiger partial charge in [-0.3, -0.25) is 0 Å². The lowest BCUT2D eigenvalue weighted by Crippen LogP contribution is -2.36. The van der Waals surface area contributed by atoms with Gasteiger partial charge < -0.3 is 15.3 Å². The summed E-state index contributed by atoms with van der Waals surface area (Å²) >= 11 is 0. The summed E-state index contributed by atoms with van der Waals surface area (Å²) in [6.07, 6.45) is -0.111. The fraction of sp³-hybridized carbons (Fsp3) is 0.435. The van der Waals surface area contributed by atoms with Gasteiger partial charge >= 0.3 is 12.1 Å². The first-order valence-electron chi connectivity index (χ1n) is 11.4. The summed E-state index contributed by atoms with van der Waals surface area (Å²) in [5, 5.41) is 18.3. The number of anilines is 2. The van der Waals surface area contributed by atoms with Gasteiger partial charge in [0.1, 0.15) is 28.8 Å². The van der Waals surface area contributed by atoms with Gasteiger partial charge in [0, 0.05) is 30.8 Å². The summed E-state index contributed by atoms with van der Waals surface area (Å²) in [5.41, 5.74) is 1.25. The van der Waals surface area contributed by atoms with Gasteiger partial charge in [-0.2, -0.15) is 23.4 Å². The number of nitrogens with one attached hydrogen (secondary N) is 1. The molecule has 1 saturated heterocycles. The summed E-state index contributed by atoms with van der Waals surface area (Å²) in [7, 11) is 0. The quantitative estimate of drug-likeness (QED) is 0.454. The highest BCUT2D eigenvalue weighted by Crippen LogP contribution is 2.38. The fourth-order valence-electron chi connectivity index (χ4n) is 3.94. The highest BCUT2D eigenvalue weighted by atomic mass is 19.4. The number of carboxylic acid groups (broad SMARTS) is 1. The molecule has 0 amide bonds. The Balaban J connectivity index is 0.000000405. The van der Waals surface area contributed by atoms with Crippen molar-refractivity contribution in [2.75, 3.05) is 23.3 Å². The van der Waals surface area contributed by atoms with Crippen LogP contribution in [0.4, 0.5) is 38.0 Å². The predicted molar refractivity (Wildman–Crippen MR) is 121 cm³/mol. The number of fused-ring (bicyclic) bond motifs is 1. The summed E-state index contributed by atoms with van der Waals surface area (Å²) < 4.78 is 73.8. The second-order valence-corrected chi connectivity index (χ2v) is 8.77. The van der Waals surface area contributed by atoms with E-state index < -0.39 is 30.0 Å². The van der Waals surface area contributed by atoms with Crippen LogP contribution >= 0.6 is 0 Å². The van der Waals surface area contributed by atoms with Crippen LogP contribution in [0.1, 0.15) is 37.4 Å². The molecule has 2 fully saturated rings. The smallest absolute Gasteiger partial charge is 0.475 e. The molecule has 2 aliphatic rings. The molecule has 8 nitrogen and oxygen atoms in total. The molecule has 0 unspecified atom stereocenters. The van der Waals surface area contributed by atoms with Crippen LogP contribution in [0, 0.1) is 17.6 Å². The zero-order valence-electron chi connectivity index (χ0n) is 19.2. The second-order valence-electron chi connectivity index (χ2n) is 8.77. The SMILES string of the molecule is Fc1ccc([C@@H](F)C2CCN(c3nc4cnncc4nc3NC3CC3)CC2)c(F)c1.O=C(O)C(F)(F)F. The molecule has 0 radical (unpaired) electrons. The second kappa shape index (κ2) is 10.7. The van der Waals surface area contributed by atoms with Crippen LogP contribution in [-0.4, -0.2) is 56.5 Å². The average Bonchev–Trinajstić information content (AvgIpc) is 3.67. The molecule has 3 aromatic rings. The topological polar surface area (TPSA) is 104 Å². The van der Waals surface area contributed by atoms with E-state index in [1.165, 1.54) is 6.07 Å². The Kier molecular flexibility index (Phi) is 7.64. The Bertz CT molecular complexity index is 1260. The normalized spacial score (nSPS) is 17.2. The number of piperidine rings is 1. The number of aliphatic carboxylic acids is 1. The van der Waals surface area contributed by atoms with Gasteiger partial charge in [0.2, 0.25) is 0 Å². The third-order valence-corrected chi connectivity index (χ3v) is 6.03. The molecule has 1 aliphatic carbocycles. The Morgan fingerprint density at radius 3 is 2.16 bits per heavy atom. The van der Waals surface area contributed by atoms with E-state index in [4.69, 9.17) is 14.9 Å². The predicted octanol–water partition coefficient (Wildman–Crippen LogP) is 4.83. The van der Waals surface area contributed by atoms with E-state index >= 15 is 0 Å². The van der Waals surface area contributed by atoms with Crippen molar-refractivity contribution in [2.45, 2.75) is 44.1 Å². The first-order chi connectivity index (χ1) is 17.5. The molecule has 1 aromatic carbocycles. The van der Waals surface area contributed by atoms with Crippen LogP contribution in [-0.2, 0) is 4.79 Å². The monoisotopic (exact) mass is 528 g/mol. The van der Waals surface area contributed by atoms with Gasteiger partial charge in [0.05, 0.1) is 12.4 Å². The van der Waals surface area contributed by atoms with Gasteiger partial charge in [0.25, 0.3) is 0 Å². The molecule has 198 valence electrons. The Morgan fingerprint density at radius 1 is 1.03 bits per heavy atom. The van der Waals surface area contributed by atoms with Gasteiger partial charge in [-0.05, 0) is 37.7 Å². The molecule has 1 saturated carbocycles. The van der Waals surface area contributed by atoms with Gasteiger partial charge in [-0.25, -0.2) is 27.9 Å². The molecular formula is C23H22F6N6O2. The van der Waals surface area contributed by atoms with E-state index in [1.807, 2.05) is 0 Å². The first kappa shape index (κ1) is 26.4. The summed E-state index contributed by atoms with van der Waals surface area (Å²) in [4.78, 5) is 20.4. The van der Waals surface area contributed by atoms with E-state index in [0.717, 1.165) is 30.8 Å². The number of carbonyl (C=O) groups is 1. The Labute approximate surface area is 206 Å². The number of hydrogen-bond acceptors (Lipinski definition) is 7. The molecule has 14 heteroatoms. The maximum Gasteiger partial charge on any atom is 0.490 e. The lowest BCUT2D eigenvalue weighted by Gasteiger charge is -2.35. The number of carboxylic acids is 1. The van der Waals surface area contributed by atoms with Crippen LogP contribution in [0.2, 0.25) is 0 Å². The molecular weight excluding hydrogens is 506 g/mol. The number of rotatable bonds is 5. The number of aromatic nitrogens is 4. The largest absolute Gasteiger partial charge is 0.490 e.